The summed E-state index contributed by atoms with van der Waals surface area (Å²) in [4.78, 5) is 16.2. The monoisotopic (exact) mass is 803 g/mol. The van der Waals surface area contributed by atoms with Gasteiger partial charge in [-0.3, -0.25) is 0 Å². The van der Waals surface area contributed by atoms with Crippen LogP contribution in [0, 0.1) is 0 Å². The Kier molecular flexibility index (Phi) is 7.07. The van der Waals surface area contributed by atoms with Crippen LogP contribution in [-0.4, -0.2) is 15.0 Å². The Balaban J connectivity index is 1.08. The summed E-state index contributed by atoms with van der Waals surface area (Å²) in [6.45, 7) is 4.67. The standard InChI is InChI=1S/C54H33N3OS2/c1-54(2)39-20-6-3-13-32(39)47-31(16-9-21-40(47)54)30-27-28-41-38(29-30)48-35(17-10-22-42(48)58-41)51-55-52(36-18-11-25-45-49(36)33-14-4-7-23-43(33)59-45)57-53(56-51)37-19-12-26-46-50(37)34-15-5-8-24-44(34)60-46/h3-29H,1-2H3. The van der Waals surface area contributed by atoms with Gasteiger partial charge in [-0.1, -0.05) is 135 Å². The number of thiophene rings is 2. The molecule has 60 heavy (non-hydrogen) atoms. The van der Waals surface area contributed by atoms with Crippen molar-refractivity contribution >= 4 is 85.0 Å². The van der Waals surface area contributed by atoms with Gasteiger partial charge >= 0.3 is 0 Å². The molecule has 0 unspecified atom stereocenters. The van der Waals surface area contributed by atoms with E-state index in [1.54, 1.807) is 22.7 Å². The summed E-state index contributed by atoms with van der Waals surface area (Å²) in [6, 6.07) is 58.6. The highest BCUT2D eigenvalue weighted by atomic mass is 32.1. The zero-order valence-electron chi connectivity index (χ0n) is 32.7. The fourth-order valence-corrected chi connectivity index (χ4v) is 12.1. The quantitative estimate of drug-likeness (QED) is 0.178. The number of nitrogens with zero attached hydrogens (tertiary/aromatic N) is 3. The van der Waals surface area contributed by atoms with Crippen LogP contribution in [0.25, 0.3) is 119 Å². The first-order chi connectivity index (χ1) is 29.5. The molecule has 4 heterocycles. The van der Waals surface area contributed by atoms with Crippen LogP contribution in [0.1, 0.15) is 25.0 Å². The SMILES string of the molecule is CC1(C)c2ccccc2-c2c(-c3ccc4oc5cccc(-c6nc(-c7cccc8sc9ccccc9c78)nc(-c7cccc8sc9ccccc9c78)n6)c5c4c3)cccc21. The van der Waals surface area contributed by atoms with Gasteiger partial charge in [-0.05, 0) is 75.8 Å². The third kappa shape index (κ3) is 4.80. The predicted octanol–water partition coefficient (Wildman–Crippen LogP) is 15.5. The van der Waals surface area contributed by atoms with E-state index in [0.717, 1.165) is 55.0 Å². The number of hydrogen-bond acceptors (Lipinski definition) is 6. The van der Waals surface area contributed by atoms with Gasteiger partial charge in [0.1, 0.15) is 11.2 Å². The molecule has 13 rings (SSSR count). The fourth-order valence-electron chi connectivity index (χ4n) is 9.84. The first-order valence-electron chi connectivity index (χ1n) is 20.3. The fraction of sp³-hybridized carbons (Fsp3) is 0.0556. The molecule has 282 valence electrons. The average Bonchev–Trinajstić information content (AvgIpc) is 4.04. The second-order valence-electron chi connectivity index (χ2n) is 16.3. The number of fused-ring (bicyclic) bond motifs is 12. The maximum absolute atomic E-state index is 6.64. The number of rotatable bonds is 4. The second-order valence-corrected chi connectivity index (χ2v) is 18.4. The molecular weight excluding hydrogens is 771 g/mol. The van der Waals surface area contributed by atoms with Crippen molar-refractivity contribution in [2.24, 2.45) is 0 Å². The van der Waals surface area contributed by atoms with Gasteiger partial charge in [0.2, 0.25) is 0 Å². The number of furan rings is 1. The second kappa shape index (κ2) is 12.5. The summed E-state index contributed by atoms with van der Waals surface area (Å²) < 4.78 is 11.5. The molecular formula is C54H33N3OS2. The Morgan fingerprint density at radius 1 is 0.400 bits per heavy atom. The summed E-state index contributed by atoms with van der Waals surface area (Å²) in [6.07, 6.45) is 0. The molecule has 0 N–H and O–H groups in total. The van der Waals surface area contributed by atoms with Crippen LogP contribution in [0.5, 0.6) is 0 Å². The van der Waals surface area contributed by atoms with E-state index in [0.29, 0.717) is 17.5 Å². The smallest absolute Gasteiger partial charge is 0.164 e. The Bertz CT molecular complexity index is 3640. The van der Waals surface area contributed by atoms with Gasteiger partial charge in [0.25, 0.3) is 0 Å². The summed E-state index contributed by atoms with van der Waals surface area (Å²) in [7, 11) is 0. The van der Waals surface area contributed by atoms with Crippen LogP contribution in [0.15, 0.2) is 168 Å². The molecule has 0 saturated heterocycles. The topological polar surface area (TPSA) is 51.8 Å². The Labute approximate surface area is 353 Å². The van der Waals surface area contributed by atoms with Gasteiger partial charge in [-0.25, -0.2) is 15.0 Å². The van der Waals surface area contributed by atoms with Crippen molar-refractivity contribution in [2.75, 3.05) is 0 Å². The molecule has 0 amide bonds. The van der Waals surface area contributed by atoms with Crippen LogP contribution in [0.2, 0.25) is 0 Å². The minimum absolute atomic E-state index is 0.0884. The third-order valence-corrected chi connectivity index (χ3v) is 14.8. The van der Waals surface area contributed by atoms with Gasteiger partial charge in [-0.15, -0.1) is 22.7 Å². The highest BCUT2D eigenvalue weighted by Gasteiger charge is 2.36. The normalized spacial score (nSPS) is 13.3. The zero-order valence-corrected chi connectivity index (χ0v) is 34.3. The molecule has 1 aliphatic rings. The summed E-state index contributed by atoms with van der Waals surface area (Å²) >= 11 is 3.60. The van der Waals surface area contributed by atoms with Crippen molar-refractivity contribution in [1.29, 1.82) is 0 Å². The maximum Gasteiger partial charge on any atom is 0.164 e. The number of hydrogen-bond donors (Lipinski definition) is 0. The van der Waals surface area contributed by atoms with E-state index in [4.69, 9.17) is 19.4 Å². The van der Waals surface area contributed by atoms with Crippen LogP contribution in [0.4, 0.5) is 0 Å². The Hall–Kier alpha value is -6.99. The van der Waals surface area contributed by atoms with Gasteiger partial charge in [0, 0.05) is 73.2 Å². The van der Waals surface area contributed by atoms with Gasteiger partial charge in [0.15, 0.2) is 17.5 Å². The van der Waals surface area contributed by atoms with E-state index in [9.17, 15) is 0 Å². The predicted molar refractivity (Wildman–Crippen MR) is 252 cm³/mol. The lowest BCUT2D eigenvalue weighted by molar-refractivity contribution is 0.660. The molecule has 4 aromatic heterocycles. The summed E-state index contributed by atoms with van der Waals surface area (Å²) in [5.41, 5.74) is 12.1. The van der Waals surface area contributed by atoms with Crippen LogP contribution in [-0.2, 0) is 5.41 Å². The molecule has 6 heteroatoms. The largest absolute Gasteiger partial charge is 0.456 e. The van der Waals surface area contributed by atoms with E-state index in [2.05, 4.69) is 172 Å². The molecule has 0 radical (unpaired) electrons. The maximum atomic E-state index is 6.64. The first kappa shape index (κ1) is 33.9. The van der Waals surface area contributed by atoms with Crippen molar-refractivity contribution in [1.82, 2.24) is 15.0 Å². The zero-order chi connectivity index (χ0) is 39.7. The van der Waals surface area contributed by atoms with E-state index in [-0.39, 0.29) is 5.41 Å². The van der Waals surface area contributed by atoms with Gasteiger partial charge in [0.05, 0.1) is 0 Å². The molecule has 4 nitrogen and oxygen atoms in total. The molecule has 0 fully saturated rings. The van der Waals surface area contributed by atoms with Crippen molar-refractivity contribution in [3.05, 3.63) is 175 Å². The molecule has 0 spiro atoms. The van der Waals surface area contributed by atoms with Crippen LogP contribution < -0.4 is 0 Å². The van der Waals surface area contributed by atoms with Crippen molar-refractivity contribution in [2.45, 2.75) is 19.3 Å². The molecule has 0 atom stereocenters. The lowest BCUT2D eigenvalue weighted by Gasteiger charge is -2.21. The third-order valence-electron chi connectivity index (χ3n) is 12.6. The lowest BCUT2D eigenvalue weighted by atomic mass is 9.82. The molecule has 0 saturated carbocycles. The molecule has 0 bridgehead atoms. The first-order valence-corrected chi connectivity index (χ1v) is 21.9. The molecule has 8 aromatic carbocycles. The molecule has 12 aromatic rings. The van der Waals surface area contributed by atoms with Crippen LogP contribution in [0.3, 0.4) is 0 Å². The summed E-state index contributed by atoms with van der Waals surface area (Å²) in [5, 5.41) is 6.76. The average molecular weight is 804 g/mol. The molecule has 1 aliphatic carbocycles. The Morgan fingerprint density at radius 3 is 1.57 bits per heavy atom. The van der Waals surface area contributed by atoms with E-state index in [1.165, 1.54) is 57.4 Å². The number of aromatic nitrogens is 3. The van der Waals surface area contributed by atoms with E-state index in [1.807, 2.05) is 6.07 Å². The highest BCUT2D eigenvalue weighted by molar-refractivity contribution is 7.26. The van der Waals surface area contributed by atoms with Gasteiger partial charge < -0.3 is 4.42 Å². The Morgan fingerprint density at radius 2 is 0.900 bits per heavy atom. The summed E-state index contributed by atoms with van der Waals surface area (Å²) in [5.74, 6) is 1.90. The number of benzene rings is 8. The van der Waals surface area contributed by atoms with Crippen molar-refractivity contribution in [3.63, 3.8) is 0 Å². The van der Waals surface area contributed by atoms with Crippen molar-refractivity contribution in [3.8, 4) is 56.4 Å². The van der Waals surface area contributed by atoms with Gasteiger partial charge in [-0.2, -0.15) is 0 Å². The van der Waals surface area contributed by atoms with Crippen LogP contribution >= 0.6 is 22.7 Å². The van der Waals surface area contributed by atoms with E-state index >= 15 is 0 Å². The van der Waals surface area contributed by atoms with E-state index < -0.39 is 0 Å². The minimum atomic E-state index is -0.0884. The highest BCUT2D eigenvalue weighted by Crippen LogP contribution is 2.52. The minimum Gasteiger partial charge on any atom is -0.456 e. The lowest BCUT2D eigenvalue weighted by Crippen LogP contribution is -2.14. The van der Waals surface area contributed by atoms with Crippen molar-refractivity contribution < 1.29 is 4.42 Å². The molecule has 0 aliphatic heterocycles.